The van der Waals surface area contributed by atoms with Crippen LogP contribution in [0.3, 0.4) is 0 Å². The second-order valence-electron chi connectivity index (χ2n) is 4.99. The molecule has 0 saturated carbocycles. The highest BCUT2D eigenvalue weighted by Crippen LogP contribution is 2.32. The lowest BCUT2D eigenvalue weighted by Gasteiger charge is -2.22. The second-order valence-corrected chi connectivity index (χ2v) is 4.99. The number of hydrogen-bond acceptors (Lipinski definition) is 6. The van der Waals surface area contributed by atoms with Crippen molar-refractivity contribution in [2.45, 2.75) is 38.9 Å². The molecule has 0 aromatic carbocycles. The van der Waals surface area contributed by atoms with Gasteiger partial charge in [0.15, 0.2) is 5.79 Å². The summed E-state index contributed by atoms with van der Waals surface area (Å²) in [5, 5.41) is 8.54. The molecule has 3 heterocycles. The lowest BCUT2D eigenvalue weighted by molar-refractivity contribution is -0.138. The quantitative estimate of drug-likeness (QED) is 0.810. The lowest BCUT2D eigenvalue weighted by Crippen LogP contribution is -2.35. The Morgan fingerprint density at radius 2 is 1.84 bits per heavy atom. The number of hydrogen-bond donors (Lipinski definition) is 0. The molecule has 6 heteroatoms. The lowest BCUT2D eigenvalue weighted by atomic mass is 10.2. The first kappa shape index (κ1) is 12.7. The third kappa shape index (κ3) is 2.30. The van der Waals surface area contributed by atoms with E-state index in [9.17, 15) is 0 Å². The van der Waals surface area contributed by atoms with Gasteiger partial charge in [-0.1, -0.05) is 13.8 Å². The van der Waals surface area contributed by atoms with E-state index in [1.807, 2.05) is 0 Å². The van der Waals surface area contributed by atoms with Crippen LogP contribution in [0.1, 0.15) is 31.7 Å². The Labute approximate surface area is 113 Å². The predicted molar refractivity (Wildman–Crippen MR) is 70.0 cm³/mol. The smallest absolute Gasteiger partial charge is 0.245 e. The van der Waals surface area contributed by atoms with E-state index < -0.39 is 5.79 Å². The second kappa shape index (κ2) is 5.02. The van der Waals surface area contributed by atoms with Crippen molar-refractivity contribution in [3.05, 3.63) is 11.4 Å². The van der Waals surface area contributed by atoms with Crippen molar-refractivity contribution in [1.29, 1.82) is 0 Å². The molecule has 0 unspecified atom stereocenters. The summed E-state index contributed by atoms with van der Waals surface area (Å²) in [6.45, 7) is 7.10. The van der Waals surface area contributed by atoms with Crippen LogP contribution in [0.2, 0.25) is 0 Å². The van der Waals surface area contributed by atoms with Crippen LogP contribution in [0.15, 0.2) is 0 Å². The Morgan fingerprint density at radius 1 is 1.11 bits per heavy atom. The summed E-state index contributed by atoms with van der Waals surface area (Å²) in [5.74, 6) is 0.268. The summed E-state index contributed by atoms with van der Waals surface area (Å²) < 4.78 is 11.4. The van der Waals surface area contributed by atoms with E-state index in [4.69, 9.17) is 9.47 Å². The maximum atomic E-state index is 5.71. The van der Waals surface area contributed by atoms with Crippen LogP contribution in [0.5, 0.6) is 0 Å². The monoisotopic (exact) mass is 264 g/mol. The molecule has 0 N–H and O–H groups in total. The molecule has 1 aromatic rings. The Morgan fingerprint density at radius 3 is 2.53 bits per heavy atom. The summed E-state index contributed by atoms with van der Waals surface area (Å²) in [4.78, 5) is 6.75. The first-order valence-corrected chi connectivity index (χ1v) is 7.01. The molecule has 0 atom stereocenters. The normalized spacial score (nSPS) is 21.5. The highest BCUT2D eigenvalue weighted by molar-refractivity contribution is 5.33. The van der Waals surface area contributed by atoms with Gasteiger partial charge in [-0.25, -0.2) is 4.98 Å². The van der Waals surface area contributed by atoms with Crippen LogP contribution in [-0.2, 0) is 22.3 Å². The molecular formula is C13H20N4O2. The Hall–Kier alpha value is -1.27. The maximum absolute atomic E-state index is 5.71. The molecule has 3 rings (SSSR count). The summed E-state index contributed by atoms with van der Waals surface area (Å²) in [6, 6.07) is 0. The van der Waals surface area contributed by atoms with Crippen molar-refractivity contribution in [2.24, 2.45) is 0 Å². The van der Waals surface area contributed by atoms with Gasteiger partial charge in [-0.2, -0.15) is 5.10 Å². The summed E-state index contributed by atoms with van der Waals surface area (Å²) in [7, 11) is 0. The average molecular weight is 264 g/mol. The fraction of sp³-hybridized carbons (Fsp3) is 0.769. The van der Waals surface area contributed by atoms with Gasteiger partial charge in [0.25, 0.3) is 0 Å². The van der Waals surface area contributed by atoms with E-state index in [0.29, 0.717) is 25.7 Å². The SMILES string of the molecule is CCc1nnc(N2CCC3(C2)OCCO3)nc1CC. The van der Waals surface area contributed by atoms with Gasteiger partial charge in [0.2, 0.25) is 5.95 Å². The molecule has 0 aliphatic carbocycles. The zero-order valence-electron chi connectivity index (χ0n) is 11.6. The minimum absolute atomic E-state index is 0.431. The number of ether oxygens (including phenoxy) is 2. The topological polar surface area (TPSA) is 60.4 Å². The minimum Gasteiger partial charge on any atom is -0.346 e. The van der Waals surface area contributed by atoms with Gasteiger partial charge >= 0.3 is 0 Å². The van der Waals surface area contributed by atoms with Gasteiger partial charge in [0.1, 0.15) is 0 Å². The maximum Gasteiger partial charge on any atom is 0.245 e. The molecule has 0 amide bonds. The average Bonchev–Trinajstić information content (AvgIpc) is 3.09. The molecule has 0 radical (unpaired) electrons. The van der Waals surface area contributed by atoms with Gasteiger partial charge < -0.3 is 14.4 Å². The van der Waals surface area contributed by atoms with Gasteiger partial charge in [0, 0.05) is 13.0 Å². The number of nitrogens with zero attached hydrogens (tertiary/aromatic N) is 4. The first-order valence-electron chi connectivity index (χ1n) is 7.01. The van der Waals surface area contributed by atoms with E-state index in [0.717, 1.165) is 37.2 Å². The summed E-state index contributed by atoms with van der Waals surface area (Å²) in [5.41, 5.74) is 2.04. The van der Waals surface area contributed by atoms with E-state index >= 15 is 0 Å². The fourth-order valence-corrected chi connectivity index (χ4v) is 2.72. The van der Waals surface area contributed by atoms with Crippen molar-refractivity contribution < 1.29 is 9.47 Å². The van der Waals surface area contributed by atoms with Crippen molar-refractivity contribution in [3.8, 4) is 0 Å². The highest BCUT2D eigenvalue weighted by atomic mass is 16.7. The third-order valence-corrected chi connectivity index (χ3v) is 3.79. The number of rotatable bonds is 3. The molecule has 2 aliphatic heterocycles. The Bertz CT molecular complexity index is 460. The Kier molecular flexibility index (Phi) is 3.36. The molecule has 1 aromatic heterocycles. The minimum atomic E-state index is -0.431. The van der Waals surface area contributed by atoms with Gasteiger partial charge in [-0.3, -0.25) is 0 Å². The number of anilines is 1. The van der Waals surface area contributed by atoms with Crippen molar-refractivity contribution in [2.75, 3.05) is 31.2 Å². The molecule has 1 spiro atoms. The molecule has 2 fully saturated rings. The van der Waals surface area contributed by atoms with Crippen molar-refractivity contribution in [3.63, 3.8) is 0 Å². The number of aromatic nitrogens is 3. The fourth-order valence-electron chi connectivity index (χ4n) is 2.72. The van der Waals surface area contributed by atoms with Crippen molar-refractivity contribution >= 4 is 5.95 Å². The van der Waals surface area contributed by atoms with Crippen molar-refractivity contribution in [1.82, 2.24) is 15.2 Å². The summed E-state index contributed by atoms with van der Waals surface area (Å²) in [6.07, 6.45) is 2.63. The highest BCUT2D eigenvalue weighted by Gasteiger charge is 2.44. The van der Waals surface area contributed by atoms with E-state index in [1.54, 1.807) is 0 Å². The zero-order valence-corrected chi connectivity index (χ0v) is 11.6. The van der Waals surface area contributed by atoms with Crippen LogP contribution in [0.4, 0.5) is 5.95 Å². The molecular weight excluding hydrogens is 244 g/mol. The van der Waals surface area contributed by atoms with Gasteiger partial charge in [0.05, 0.1) is 31.1 Å². The van der Waals surface area contributed by atoms with Gasteiger partial charge in [-0.05, 0) is 12.8 Å². The zero-order chi connectivity index (χ0) is 13.3. The standard InChI is InChI=1S/C13H20N4O2/c1-3-10-11(4-2)15-16-12(14-10)17-6-5-13(9-17)18-7-8-19-13/h3-9H2,1-2H3. The van der Waals surface area contributed by atoms with E-state index in [-0.39, 0.29) is 0 Å². The number of aryl methyl sites for hydroxylation is 2. The van der Waals surface area contributed by atoms with E-state index in [1.165, 1.54) is 0 Å². The molecule has 6 nitrogen and oxygen atoms in total. The molecule has 0 bridgehead atoms. The molecule has 19 heavy (non-hydrogen) atoms. The third-order valence-electron chi connectivity index (χ3n) is 3.79. The molecule has 104 valence electrons. The van der Waals surface area contributed by atoms with Gasteiger partial charge in [-0.15, -0.1) is 5.10 Å². The largest absolute Gasteiger partial charge is 0.346 e. The van der Waals surface area contributed by atoms with Crippen LogP contribution in [-0.4, -0.2) is 47.3 Å². The Balaban J connectivity index is 1.79. The summed E-state index contributed by atoms with van der Waals surface area (Å²) >= 11 is 0. The predicted octanol–water partition coefficient (Wildman–Crippen LogP) is 0.950. The molecule has 2 saturated heterocycles. The van der Waals surface area contributed by atoms with Crippen LogP contribution in [0.25, 0.3) is 0 Å². The van der Waals surface area contributed by atoms with Crippen LogP contribution < -0.4 is 4.90 Å². The van der Waals surface area contributed by atoms with E-state index in [2.05, 4.69) is 33.9 Å². The van der Waals surface area contributed by atoms with Crippen LogP contribution >= 0.6 is 0 Å². The first-order chi connectivity index (χ1) is 9.26. The molecule has 2 aliphatic rings. The van der Waals surface area contributed by atoms with Crippen LogP contribution in [0, 0.1) is 0 Å².